The van der Waals surface area contributed by atoms with E-state index in [1.807, 2.05) is 61.6 Å². The van der Waals surface area contributed by atoms with Crippen molar-refractivity contribution in [3.8, 4) is 0 Å². The Morgan fingerprint density at radius 1 is 1.11 bits per heavy atom. The van der Waals surface area contributed by atoms with Gasteiger partial charge in [0.2, 0.25) is 0 Å². The topological polar surface area (TPSA) is 20.3 Å². The number of carbonyl (C=O) groups excluding carboxylic acids is 1. The molecule has 0 aliphatic rings. The van der Waals surface area contributed by atoms with Crippen molar-refractivity contribution in [2.24, 2.45) is 0 Å². The smallest absolute Gasteiger partial charge is 0.286 e. The number of hydrogen-bond donors (Lipinski definition) is 0. The maximum absolute atomic E-state index is 12.1. The van der Waals surface area contributed by atoms with Gasteiger partial charge in [-0.2, -0.15) is 0 Å². The van der Waals surface area contributed by atoms with Gasteiger partial charge < -0.3 is 4.90 Å². The third kappa shape index (κ3) is 4.40. The summed E-state index contributed by atoms with van der Waals surface area (Å²) >= 11 is 4.63. The number of hydrogen-bond acceptors (Lipinski definition) is 2. The number of amides is 1. The molecule has 0 aromatic heterocycles. The van der Waals surface area contributed by atoms with E-state index in [0.29, 0.717) is 6.54 Å². The first-order valence-corrected chi connectivity index (χ1v) is 7.48. The van der Waals surface area contributed by atoms with Crippen LogP contribution in [0.2, 0.25) is 0 Å². The number of rotatable bonds is 3. The summed E-state index contributed by atoms with van der Waals surface area (Å²) in [7, 11) is 1.82. The molecule has 0 bridgehead atoms. The summed E-state index contributed by atoms with van der Waals surface area (Å²) in [4.78, 5) is 14.8. The molecule has 2 aromatic rings. The van der Waals surface area contributed by atoms with Gasteiger partial charge >= 0.3 is 0 Å². The number of halogens is 1. The molecule has 0 unspecified atom stereocenters. The van der Waals surface area contributed by atoms with Crippen molar-refractivity contribution in [3.05, 3.63) is 64.6 Å². The van der Waals surface area contributed by atoms with Gasteiger partial charge in [0, 0.05) is 23.0 Å². The molecule has 2 aromatic carbocycles. The number of nitrogens with zero attached hydrogens (tertiary/aromatic N) is 1. The van der Waals surface area contributed by atoms with Gasteiger partial charge in [0.05, 0.1) is 0 Å². The van der Waals surface area contributed by atoms with E-state index in [-0.39, 0.29) is 5.24 Å². The van der Waals surface area contributed by atoms with Crippen molar-refractivity contribution in [2.45, 2.75) is 11.4 Å². The maximum atomic E-state index is 12.1. The van der Waals surface area contributed by atoms with Crippen LogP contribution in [0.3, 0.4) is 0 Å². The van der Waals surface area contributed by atoms with Crippen LogP contribution in [0.1, 0.15) is 5.56 Å². The van der Waals surface area contributed by atoms with E-state index in [9.17, 15) is 4.79 Å². The molecule has 0 atom stereocenters. The fourth-order valence-electron chi connectivity index (χ4n) is 1.60. The van der Waals surface area contributed by atoms with Gasteiger partial charge in [-0.05, 0) is 41.6 Å². The van der Waals surface area contributed by atoms with Crippen LogP contribution in [0.5, 0.6) is 0 Å². The van der Waals surface area contributed by atoms with Crippen molar-refractivity contribution >= 4 is 32.9 Å². The van der Waals surface area contributed by atoms with E-state index >= 15 is 0 Å². The normalized spacial score (nSPS) is 10.2. The molecule has 0 aliphatic carbocycles. The summed E-state index contributed by atoms with van der Waals surface area (Å²) in [5.74, 6) is 0. The van der Waals surface area contributed by atoms with E-state index in [2.05, 4.69) is 15.9 Å². The molecule has 1 amide bonds. The molecule has 0 spiro atoms. The van der Waals surface area contributed by atoms with Crippen molar-refractivity contribution in [2.75, 3.05) is 7.05 Å². The average Bonchev–Trinajstić information content (AvgIpc) is 2.42. The van der Waals surface area contributed by atoms with Crippen molar-refractivity contribution < 1.29 is 4.79 Å². The monoisotopic (exact) mass is 335 g/mol. The molecule has 0 saturated heterocycles. The van der Waals surface area contributed by atoms with Gasteiger partial charge in [-0.15, -0.1) is 0 Å². The first-order chi connectivity index (χ1) is 9.15. The predicted molar refractivity (Wildman–Crippen MR) is 83.3 cm³/mol. The first-order valence-electron chi connectivity index (χ1n) is 5.87. The lowest BCUT2D eigenvalue weighted by Gasteiger charge is -2.16. The fourth-order valence-corrected chi connectivity index (χ4v) is 2.56. The standard InChI is InChI=1S/C15H14BrNOS/c1-17(11-12-5-3-2-4-6-12)15(18)19-14-9-7-13(16)8-10-14/h2-10H,11H2,1H3. The SMILES string of the molecule is CN(Cc1ccccc1)C(=O)Sc1ccc(Br)cc1. The summed E-state index contributed by atoms with van der Waals surface area (Å²) in [5.41, 5.74) is 1.13. The molecule has 0 fully saturated rings. The highest BCUT2D eigenvalue weighted by Gasteiger charge is 2.10. The molecule has 98 valence electrons. The quantitative estimate of drug-likeness (QED) is 0.751. The fraction of sp³-hybridized carbons (Fsp3) is 0.133. The average molecular weight is 336 g/mol. The van der Waals surface area contributed by atoms with Crippen molar-refractivity contribution in [1.29, 1.82) is 0 Å². The second-order valence-corrected chi connectivity index (χ2v) is 6.10. The van der Waals surface area contributed by atoms with Gasteiger partial charge in [0.25, 0.3) is 5.24 Å². The largest absolute Gasteiger partial charge is 0.332 e. The Bertz CT molecular complexity index is 542. The molecular weight excluding hydrogens is 322 g/mol. The number of benzene rings is 2. The molecule has 0 radical (unpaired) electrons. The highest BCUT2D eigenvalue weighted by Crippen LogP contribution is 2.23. The summed E-state index contributed by atoms with van der Waals surface area (Å²) in [6.45, 7) is 0.628. The Hall–Kier alpha value is -1.26. The Morgan fingerprint density at radius 3 is 2.37 bits per heavy atom. The van der Waals surface area contributed by atoms with E-state index in [1.165, 1.54) is 11.8 Å². The summed E-state index contributed by atoms with van der Waals surface area (Å²) < 4.78 is 1.02. The lowest BCUT2D eigenvalue weighted by Crippen LogP contribution is -2.21. The number of carbonyl (C=O) groups is 1. The van der Waals surface area contributed by atoms with Crippen LogP contribution in [0.15, 0.2) is 64.0 Å². The summed E-state index contributed by atoms with van der Waals surface area (Å²) in [5, 5.41) is 0.0474. The molecule has 0 saturated carbocycles. The Morgan fingerprint density at radius 2 is 1.74 bits per heavy atom. The zero-order chi connectivity index (χ0) is 13.7. The zero-order valence-electron chi connectivity index (χ0n) is 10.5. The van der Waals surface area contributed by atoms with Crippen LogP contribution in [-0.2, 0) is 6.54 Å². The summed E-state index contributed by atoms with van der Waals surface area (Å²) in [6, 6.07) is 17.7. The minimum atomic E-state index is 0.0474. The van der Waals surface area contributed by atoms with Gasteiger partial charge in [0.1, 0.15) is 0 Å². The van der Waals surface area contributed by atoms with E-state index in [0.717, 1.165) is 14.9 Å². The van der Waals surface area contributed by atoms with Crippen molar-refractivity contribution in [1.82, 2.24) is 4.90 Å². The van der Waals surface area contributed by atoms with Gasteiger partial charge in [-0.1, -0.05) is 46.3 Å². The van der Waals surface area contributed by atoms with Gasteiger partial charge in [-0.3, -0.25) is 4.79 Å². The molecule has 0 aliphatic heterocycles. The third-order valence-electron chi connectivity index (χ3n) is 2.59. The minimum absolute atomic E-state index is 0.0474. The Kier molecular flexibility index (Phi) is 5.05. The Balaban J connectivity index is 1.94. The second kappa shape index (κ2) is 6.78. The molecular formula is C15H14BrNOS. The van der Waals surface area contributed by atoms with Gasteiger partial charge in [-0.25, -0.2) is 0 Å². The van der Waals surface area contributed by atoms with Crippen LogP contribution in [-0.4, -0.2) is 17.2 Å². The second-order valence-electron chi connectivity index (χ2n) is 4.16. The van der Waals surface area contributed by atoms with Crippen LogP contribution in [0.25, 0.3) is 0 Å². The van der Waals surface area contributed by atoms with E-state index in [1.54, 1.807) is 4.90 Å². The lowest BCUT2D eigenvalue weighted by molar-refractivity contribution is 0.232. The van der Waals surface area contributed by atoms with Crippen LogP contribution in [0.4, 0.5) is 4.79 Å². The molecule has 2 rings (SSSR count). The highest BCUT2D eigenvalue weighted by atomic mass is 79.9. The minimum Gasteiger partial charge on any atom is -0.332 e. The molecule has 0 N–H and O–H groups in total. The lowest BCUT2D eigenvalue weighted by atomic mass is 10.2. The van der Waals surface area contributed by atoms with E-state index < -0.39 is 0 Å². The Labute approximate surface area is 125 Å². The maximum Gasteiger partial charge on any atom is 0.286 e. The molecule has 2 nitrogen and oxygen atoms in total. The number of thioether (sulfide) groups is 1. The third-order valence-corrected chi connectivity index (χ3v) is 4.12. The van der Waals surface area contributed by atoms with Crippen molar-refractivity contribution in [3.63, 3.8) is 0 Å². The van der Waals surface area contributed by atoms with Crippen LogP contribution >= 0.6 is 27.7 Å². The van der Waals surface area contributed by atoms with Crippen LogP contribution < -0.4 is 0 Å². The molecule has 19 heavy (non-hydrogen) atoms. The molecule has 4 heteroatoms. The molecule has 0 heterocycles. The van der Waals surface area contributed by atoms with E-state index in [4.69, 9.17) is 0 Å². The zero-order valence-corrected chi connectivity index (χ0v) is 12.9. The first kappa shape index (κ1) is 14.2. The predicted octanol–water partition coefficient (Wildman–Crippen LogP) is 4.79. The van der Waals surface area contributed by atoms with Gasteiger partial charge in [0.15, 0.2) is 0 Å². The highest BCUT2D eigenvalue weighted by molar-refractivity contribution is 9.10. The summed E-state index contributed by atoms with van der Waals surface area (Å²) in [6.07, 6.45) is 0. The van der Waals surface area contributed by atoms with Crippen LogP contribution in [0, 0.1) is 0 Å².